The van der Waals surface area contributed by atoms with Crippen LogP contribution in [0.15, 0.2) is 0 Å². The quantitative estimate of drug-likeness (QED) is 0.232. The van der Waals surface area contributed by atoms with Crippen LogP contribution >= 0.6 is 0 Å². The topological polar surface area (TPSA) is 161 Å². The van der Waals surface area contributed by atoms with E-state index in [0.717, 1.165) is 38.5 Å². The van der Waals surface area contributed by atoms with Crippen LogP contribution in [0.3, 0.4) is 0 Å². The first-order chi connectivity index (χ1) is 25.0. The molecular weight excluding hydrogens is 688 g/mol. The highest BCUT2D eigenvalue weighted by molar-refractivity contribution is 5.72. The maximum Gasteiger partial charge on any atom is 0.309 e. The predicted molar refractivity (Wildman–Crippen MR) is 187 cm³/mol. The van der Waals surface area contributed by atoms with E-state index in [4.69, 9.17) is 42.6 Å². The standard InChI is InChI=1S/C40H64O13/c1-10-19(2)34(43)51-33-31-32-36(5)14-12-23(17-22(36)11-15-39(32)40(44)16-13-25(37(33,40)6)38(7,52-31)53-39)49-26-18-24(45-8)29(21(4)47-26)50-35-28(42)30(46-9)27(41)20(3)48-35/h19-33,35,41-42,44H,10-18H2,1-9H3/t19?,20-,21-,22+,23+,24-,25-,26+,27-,28-,29-,30-,31+,32-,33-,35+,36+,37+,38-,39+,40-/m1/s1. The van der Waals surface area contributed by atoms with Crippen LogP contribution in [0.5, 0.6) is 0 Å². The van der Waals surface area contributed by atoms with Gasteiger partial charge in [0.05, 0.1) is 30.3 Å². The van der Waals surface area contributed by atoms with E-state index in [1.165, 1.54) is 7.11 Å². The summed E-state index contributed by atoms with van der Waals surface area (Å²) in [5.41, 5.74) is -2.80. The second-order valence-electron chi connectivity index (χ2n) is 18.5. The van der Waals surface area contributed by atoms with Crippen molar-refractivity contribution >= 4 is 5.97 Å². The number of carbonyl (C=O) groups is 1. The molecule has 302 valence electrons. The van der Waals surface area contributed by atoms with Crippen LogP contribution in [0.25, 0.3) is 0 Å². The third-order valence-electron chi connectivity index (χ3n) is 16.1. The molecular formula is C40H64O13. The minimum atomic E-state index is -1.19. The third kappa shape index (κ3) is 5.31. The van der Waals surface area contributed by atoms with Gasteiger partial charge in [0.1, 0.15) is 47.8 Å². The number of esters is 1. The number of hydrogen-bond donors (Lipinski definition) is 3. The number of hydrogen-bond acceptors (Lipinski definition) is 13. The average Bonchev–Trinajstić information content (AvgIpc) is 3.38. The molecule has 21 atom stereocenters. The number of aliphatic hydroxyl groups excluding tert-OH is 2. The molecule has 0 aromatic rings. The van der Waals surface area contributed by atoms with E-state index in [9.17, 15) is 20.1 Å². The Morgan fingerprint density at radius 3 is 2.36 bits per heavy atom. The fourth-order valence-electron chi connectivity index (χ4n) is 13.2. The summed E-state index contributed by atoms with van der Waals surface area (Å²) in [7, 11) is 3.07. The number of aliphatic hydroxyl groups is 3. The van der Waals surface area contributed by atoms with Crippen molar-refractivity contribution in [1.29, 1.82) is 0 Å². The molecule has 9 fully saturated rings. The lowest BCUT2D eigenvalue weighted by atomic mass is 9.37. The van der Waals surface area contributed by atoms with Gasteiger partial charge in [-0.3, -0.25) is 4.79 Å². The second-order valence-corrected chi connectivity index (χ2v) is 18.5. The Balaban J connectivity index is 0.980. The summed E-state index contributed by atoms with van der Waals surface area (Å²) in [6.45, 7) is 14.1. The largest absolute Gasteiger partial charge is 0.459 e. The van der Waals surface area contributed by atoms with Gasteiger partial charge in [0.15, 0.2) is 18.4 Å². The van der Waals surface area contributed by atoms with Crippen LogP contribution in [0.2, 0.25) is 0 Å². The molecule has 6 bridgehead atoms. The number of fused-ring (bicyclic) bond motifs is 1. The molecule has 4 aliphatic carbocycles. The molecule has 5 heterocycles. The van der Waals surface area contributed by atoms with Crippen LogP contribution in [-0.2, 0) is 47.4 Å². The first-order valence-electron chi connectivity index (χ1n) is 20.4. The SMILES string of the molecule is CCC(C)C(=O)O[C@@H]1[C@H]2O[C@]3(C)O[C@]4(CC[C@H]5C[C@@H](O[C@H]6C[C@@H](OC)[C@H](O[C@@H]7O[C@H](C)[C@@H](O)[C@@H](OC)[C@H]7O)[C@@H](C)O6)CC[C@]5(C)[C@@H]24)[C@@]2(O)CC[C@@H]3[C@@]12C. The normalized spacial score (nSPS) is 57.5. The lowest BCUT2D eigenvalue weighted by Crippen LogP contribution is -2.90. The highest BCUT2D eigenvalue weighted by atomic mass is 16.8. The van der Waals surface area contributed by atoms with Gasteiger partial charge in [0.2, 0.25) is 0 Å². The summed E-state index contributed by atoms with van der Waals surface area (Å²) < 4.78 is 57.2. The third-order valence-corrected chi connectivity index (χ3v) is 16.1. The summed E-state index contributed by atoms with van der Waals surface area (Å²) in [4.78, 5) is 13.5. The molecule has 13 nitrogen and oxygen atoms in total. The molecule has 53 heavy (non-hydrogen) atoms. The minimum absolute atomic E-state index is 0.0470. The lowest BCUT2D eigenvalue weighted by Gasteiger charge is -2.79. The van der Waals surface area contributed by atoms with Gasteiger partial charge in [0, 0.05) is 37.9 Å². The van der Waals surface area contributed by atoms with Gasteiger partial charge < -0.3 is 58.0 Å². The van der Waals surface area contributed by atoms with Crippen LogP contribution in [0, 0.1) is 34.5 Å². The van der Waals surface area contributed by atoms with E-state index < -0.39 is 77.7 Å². The zero-order chi connectivity index (χ0) is 38.0. The molecule has 3 N–H and O–H groups in total. The van der Waals surface area contributed by atoms with Crippen molar-refractivity contribution in [3.8, 4) is 0 Å². The highest BCUT2D eigenvalue weighted by Gasteiger charge is 2.89. The number of ether oxygens (including phenoxy) is 9. The van der Waals surface area contributed by atoms with Gasteiger partial charge in [-0.2, -0.15) is 0 Å². The van der Waals surface area contributed by atoms with E-state index in [1.54, 1.807) is 14.0 Å². The van der Waals surface area contributed by atoms with Crippen molar-refractivity contribution in [2.45, 2.75) is 197 Å². The van der Waals surface area contributed by atoms with Gasteiger partial charge in [0.25, 0.3) is 0 Å². The molecule has 9 aliphatic rings. The van der Waals surface area contributed by atoms with E-state index >= 15 is 0 Å². The summed E-state index contributed by atoms with van der Waals surface area (Å²) in [6, 6.07) is 0. The predicted octanol–water partition coefficient (Wildman–Crippen LogP) is 3.61. The Kier molecular flexibility index (Phi) is 9.75. The number of carbonyl (C=O) groups excluding carboxylic acids is 1. The van der Waals surface area contributed by atoms with Crippen LogP contribution < -0.4 is 0 Å². The highest BCUT2D eigenvalue weighted by Crippen LogP contribution is 2.80. The van der Waals surface area contributed by atoms with Crippen LogP contribution in [0.1, 0.15) is 106 Å². The fourth-order valence-corrected chi connectivity index (χ4v) is 13.2. The molecule has 1 spiro atoms. The second kappa shape index (κ2) is 13.3. The molecule has 5 saturated heterocycles. The zero-order valence-electron chi connectivity index (χ0n) is 33.0. The molecule has 0 amide bonds. The maximum absolute atomic E-state index is 13.5. The molecule has 0 aromatic carbocycles. The van der Waals surface area contributed by atoms with Crippen molar-refractivity contribution in [2.24, 2.45) is 34.5 Å². The average molecular weight is 753 g/mol. The molecule has 5 aliphatic heterocycles. The van der Waals surface area contributed by atoms with Crippen LogP contribution in [0.4, 0.5) is 0 Å². The van der Waals surface area contributed by atoms with Crippen molar-refractivity contribution in [2.75, 3.05) is 14.2 Å². The molecule has 0 aromatic heterocycles. The van der Waals surface area contributed by atoms with Gasteiger partial charge >= 0.3 is 5.97 Å². The number of rotatable bonds is 9. The van der Waals surface area contributed by atoms with Crippen molar-refractivity contribution < 1.29 is 62.7 Å². The Labute approximate surface area is 313 Å². The van der Waals surface area contributed by atoms with Crippen molar-refractivity contribution in [3.05, 3.63) is 0 Å². The summed E-state index contributed by atoms with van der Waals surface area (Å²) in [5, 5.41) is 34.3. The zero-order valence-corrected chi connectivity index (χ0v) is 33.0. The van der Waals surface area contributed by atoms with E-state index in [1.807, 2.05) is 20.8 Å². The Bertz CT molecular complexity index is 1400. The lowest BCUT2D eigenvalue weighted by molar-refractivity contribution is -0.521. The first-order valence-corrected chi connectivity index (χ1v) is 20.4. The Morgan fingerprint density at radius 1 is 0.906 bits per heavy atom. The van der Waals surface area contributed by atoms with E-state index in [2.05, 4.69) is 20.8 Å². The molecule has 0 radical (unpaired) electrons. The van der Waals surface area contributed by atoms with E-state index in [-0.39, 0.29) is 53.4 Å². The molecule has 9 rings (SSSR count). The van der Waals surface area contributed by atoms with Crippen molar-refractivity contribution in [3.63, 3.8) is 0 Å². The van der Waals surface area contributed by atoms with Gasteiger partial charge in [-0.15, -0.1) is 0 Å². The van der Waals surface area contributed by atoms with E-state index in [0.29, 0.717) is 19.3 Å². The minimum Gasteiger partial charge on any atom is -0.459 e. The Hall–Kier alpha value is -0.970. The molecule has 4 saturated carbocycles. The smallest absolute Gasteiger partial charge is 0.309 e. The number of methoxy groups -OCH3 is 2. The maximum atomic E-state index is 13.5. The summed E-state index contributed by atoms with van der Waals surface area (Å²) in [6.07, 6.45) is -0.884. The summed E-state index contributed by atoms with van der Waals surface area (Å²) >= 11 is 0. The van der Waals surface area contributed by atoms with Gasteiger partial charge in [-0.05, 0) is 83.5 Å². The molecule has 13 heteroatoms. The monoisotopic (exact) mass is 752 g/mol. The summed E-state index contributed by atoms with van der Waals surface area (Å²) in [5.74, 6) is -1.21. The Morgan fingerprint density at radius 2 is 1.66 bits per heavy atom. The van der Waals surface area contributed by atoms with Gasteiger partial charge in [-0.25, -0.2) is 0 Å². The first kappa shape index (κ1) is 38.9. The van der Waals surface area contributed by atoms with Gasteiger partial charge in [-0.1, -0.05) is 27.7 Å². The van der Waals surface area contributed by atoms with Crippen molar-refractivity contribution in [1.82, 2.24) is 0 Å². The fraction of sp³-hybridized carbons (Fsp3) is 0.975. The molecule has 1 unspecified atom stereocenters. The van der Waals surface area contributed by atoms with Crippen LogP contribution in [-0.4, -0.2) is 126 Å².